The third-order valence-corrected chi connectivity index (χ3v) is 6.04. The van der Waals surface area contributed by atoms with Gasteiger partial charge in [0.15, 0.2) is 0 Å². The van der Waals surface area contributed by atoms with E-state index in [9.17, 15) is 0 Å². The van der Waals surface area contributed by atoms with Gasteiger partial charge >= 0.3 is 0 Å². The van der Waals surface area contributed by atoms with Crippen LogP contribution in [0.3, 0.4) is 0 Å². The van der Waals surface area contributed by atoms with Gasteiger partial charge in [0.25, 0.3) is 0 Å². The van der Waals surface area contributed by atoms with Crippen LogP contribution in [-0.2, 0) is 0 Å². The molecule has 0 aliphatic heterocycles. The Bertz CT molecular complexity index is 524. The fraction of sp³-hybridized carbons (Fsp3) is 0. The van der Waals surface area contributed by atoms with Gasteiger partial charge in [-0.2, -0.15) is 0 Å². The second-order valence-electron chi connectivity index (χ2n) is 3.51. The Hall–Kier alpha value is 0.560. The van der Waals surface area contributed by atoms with Crippen molar-refractivity contribution in [2.75, 3.05) is 0 Å². The van der Waals surface area contributed by atoms with Crippen molar-refractivity contribution >= 4 is 78.3 Å². The molecule has 2 aromatic rings. The summed E-state index contributed by atoms with van der Waals surface area (Å²) in [6.45, 7) is 0. The van der Waals surface area contributed by atoms with Crippen molar-refractivity contribution in [1.82, 2.24) is 0 Å². The quantitative estimate of drug-likeness (QED) is 0.396. The summed E-state index contributed by atoms with van der Waals surface area (Å²) in [5.74, 6) is 0. The predicted molar refractivity (Wildman–Crippen MR) is 87.3 cm³/mol. The fourth-order valence-electron chi connectivity index (χ4n) is 1.44. The number of rotatable bonds is 1. The molecule has 0 heterocycles. The predicted octanol–water partition coefficient (Wildman–Crippen LogP) is 7.49. The van der Waals surface area contributed by atoms with E-state index in [0.717, 1.165) is 20.1 Å². The molecule has 0 aliphatic rings. The molecule has 0 N–H and O–H groups in total. The van der Waals surface area contributed by atoms with Gasteiger partial charge in [-0.3, -0.25) is 0 Å². The van der Waals surface area contributed by atoms with Crippen molar-refractivity contribution in [2.24, 2.45) is 0 Å². The van der Waals surface area contributed by atoms with Gasteiger partial charge in [0, 0.05) is 4.47 Å². The van der Waals surface area contributed by atoms with Gasteiger partial charge < -0.3 is 0 Å². The lowest BCUT2D eigenvalue weighted by atomic mass is 10.1. The highest BCUT2D eigenvalue weighted by Crippen LogP contribution is 2.39. The molecule has 0 atom stereocenters. The van der Waals surface area contributed by atoms with Crippen molar-refractivity contribution in [2.45, 2.75) is 0 Å². The Labute approximate surface area is 141 Å². The highest BCUT2D eigenvalue weighted by molar-refractivity contribution is 9.13. The first-order chi connectivity index (χ1) is 8.40. The molecule has 2 rings (SSSR count). The summed E-state index contributed by atoms with van der Waals surface area (Å²) >= 11 is 30.8. The van der Waals surface area contributed by atoms with Crippen LogP contribution in [-0.4, -0.2) is 0 Å². The van der Waals surface area contributed by atoms with Gasteiger partial charge in [0.05, 0.1) is 24.6 Å². The lowest BCUT2D eigenvalue weighted by Crippen LogP contribution is -1.83. The molecule has 0 radical (unpaired) electrons. The Morgan fingerprint density at radius 2 is 1.11 bits per heavy atom. The standard InChI is InChI=1S/C12H4Br2Cl4/c13-7-1-5(2-8(15)11(7)14)6-3-9(16)12(18)10(17)4-6/h1-4H. The van der Waals surface area contributed by atoms with Crippen LogP contribution in [0.1, 0.15) is 0 Å². The molecule has 94 valence electrons. The second-order valence-corrected chi connectivity index (χ2v) is 6.75. The summed E-state index contributed by atoms with van der Waals surface area (Å²) < 4.78 is 1.66. The minimum Gasteiger partial charge on any atom is -0.0830 e. The van der Waals surface area contributed by atoms with Gasteiger partial charge in [0.1, 0.15) is 0 Å². The first kappa shape index (κ1) is 15.0. The first-order valence-corrected chi connectivity index (χ1v) is 7.79. The molecule has 2 aromatic carbocycles. The minimum absolute atomic E-state index is 0.351. The zero-order valence-electron chi connectivity index (χ0n) is 8.58. The van der Waals surface area contributed by atoms with Crippen LogP contribution < -0.4 is 0 Å². The van der Waals surface area contributed by atoms with E-state index in [2.05, 4.69) is 31.9 Å². The maximum atomic E-state index is 6.11. The smallest absolute Gasteiger partial charge is 0.0778 e. The van der Waals surface area contributed by atoms with E-state index in [-0.39, 0.29) is 0 Å². The average Bonchev–Trinajstić information content (AvgIpc) is 2.31. The molecule has 0 saturated carbocycles. The first-order valence-electron chi connectivity index (χ1n) is 4.69. The molecule has 0 spiro atoms. The lowest BCUT2D eigenvalue weighted by molar-refractivity contribution is 1.55. The summed E-state index contributed by atoms with van der Waals surface area (Å²) in [6.07, 6.45) is 0. The highest BCUT2D eigenvalue weighted by Gasteiger charge is 2.10. The van der Waals surface area contributed by atoms with Crippen molar-refractivity contribution < 1.29 is 0 Å². The molecule has 18 heavy (non-hydrogen) atoms. The number of halogens is 6. The van der Waals surface area contributed by atoms with Gasteiger partial charge in [-0.15, -0.1) is 0 Å². The second kappa shape index (κ2) is 5.90. The zero-order valence-corrected chi connectivity index (χ0v) is 14.8. The molecule has 0 fully saturated rings. The van der Waals surface area contributed by atoms with Crippen molar-refractivity contribution in [1.29, 1.82) is 0 Å². The summed E-state index contributed by atoms with van der Waals surface area (Å²) in [4.78, 5) is 0. The number of benzene rings is 2. The largest absolute Gasteiger partial charge is 0.0830 e. The minimum atomic E-state index is 0.351. The van der Waals surface area contributed by atoms with Gasteiger partial charge in [0.2, 0.25) is 0 Å². The molecule has 0 aromatic heterocycles. The Balaban J connectivity index is 2.63. The monoisotopic (exact) mass is 446 g/mol. The fourth-order valence-corrected chi connectivity index (χ4v) is 3.06. The SMILES string of the molecule is Clc1cc(-c2cc(Cl)c(Br)c(Br)c2)cc(Cl)c1Cl. The lowest BCUT2D eigenvalue weighted by Gasteiger charge is -2.08. The molecule has 0 bridgehead atoms. The van der Waals surface area contributed by atoms with Crippen LogP contribution in [0.4, 0.5) is 0 Å². The van der Waals surface area contributed by atoms with Gasteiger partial charge in [-0.05, 0) is 67.3 Å². The van der Waals surface area contributed by atoms with Gasteiger partial charge in [-0.1, -0.05) is 46.4 Å². The molecule has 0 amide bonds. The van der Waals surface area contributed by atoms with E-state index in [1.165, 1.54) is 0 Å². The Morgan fingerprint density at radius 1 is 0.667 bits per heavy atom. The van der Waals surface area contributed by atoms with E-state index in [0.29, 0.717) is 20.1 Å². The van der Waals surface area contributed by atoms with E-state index in [4.69, 9.17) is 46.4 Å². The zero-order chi connectivity index (χ0) is 13.4. The summed E-state index contributed by atoms with van der Waals surface area (Å²) in [7, 11) is 0. The van der Waals surface area contributed by atoms with Crippen LogP contribution >= 0.6 is 78.3 Å². The van der Waals surface area contributed by atoms with E-state index >= 15 is 0 Å². The van der Waals surface area contributed by atoms with E-state index < -0.39 is 0 Å². The molecule has 6 heteroatoms. The van der Waals surface area contributed by atoms with Crippen LogP contribution in [0.15, 0.2) is 33.2 Å². The molecule has 0 unspecified atom stereocenters. The summed E-state index contributed by atoms with van der Waals surface area (Å²) in [6, 6.07) is 7.25. The molecule has 0 aliphatic carbocycles. The topological polar surface area (TPSA) is 0 Å². The van der Waals surface area contributed by atoms with Gasteiger partial charge in [-0.25, -0.2) is 0 Å². The van der Waals surface area contributed by atoms with Crippen molar-refractivity contribution in [3.63, 3.8) is 0 Å². The highest BCUT2D eigenvalue weighted by atomic mass is 79.9. The maximum Gasteiger partial charge on any atom is 0.0778 e. The normalized spacial score (nSPS) is 10.8. The van der Waals surface area contributed by atoms with Crippen molar-refractivity contribution in [3.8, 4) is 11.1 Å². The van der Waals surface area contributed by atoms with Crippen molar-refractivity contribution in [3.05, 3.63) is 53.3 Å². The number of hydrogen-bond donors (Lipinski definition) is 0. The Kier molecular flexibility index (Phi) is 4.91. The Morgan fingerprint density at radius 3 is 1.61 bits per heavy atom. The summed E-state index contributed by atoms with van der Waals surface area (Å²) in [5, 5.41) is 1.77. The number of hydrogen-bond acceptors (Lipinski definition) is 0. The van der Waals surface area contributed by atoms with Crippen LogP contribution in [0.5, 0.6) is 0 Å². The third kappa shape index (κ3) is 3.00. The maximum absolute atomic E-state index is 6.11. The van der Waals surface area contributed by atoms with E-state index in [1.54, 1.807) is 12.1 Å². The van der Waals surface area contributed by atoms with Crippen LogP contribution in [0.2, 0.25) is 20.1 Å². The van der Waals surface area contributed by atoms with E-state index in [1.807, 2.05) is 12.1 Å². The molecule has 0 saturated heterocycles. The third-order valence-electron chi connectivity index (χ3n) is 2.30. The average molecular weight is 450 g/mol. The molecular formula is C12H4Br2Cl4. The molecular weight excluding hydrogens is 446 g/mol. The van der Waals surface area contributed by atoms with Crippen LogP contribution in [0, 0.1) is 0 Å². The summed E-state index contributed by atoms with van der Waals surface area (Å²) in [5.41, 5.74) is 1.75. The van der Waals surface area contributed by atoms with Crippen LogP contribution in [0.25, 0.3) is 11.1 Å². The molecule has 0 nitrogen and oxygen atoms in total.